The highest BCUT2D eigenvalue weighted by Gasteiger charge is 2.24. The lowest BCUT2D eigenvalue weighted by atomic mass is 10.1. The molecule has 2 saturated heterocycles. The van der Waals surface area contributed by atoms with Crippen molar-refractivity contribution in [1.82, 2.24) is 9.80 Å². The average molecular weight is 347 g/mol. The van der Waals surface area contributed by atoms with Gasteiger partial charge in [-0.1, -0.05) is 12.1 Å². The number of benzene rings is 1. The van der Waals surface area contributed by atoms with E-state index in [0.717, 1.165) is 50.2 Å². The molecular formula is C18H25N3O2S. The Labute approximate surface area is 147 Å². The van der Waals surface area contributed by atoms with Gasteiger partial charge in [0, 0.05) is 37.1 Å². The second kappa shape index (κ2) is 8.03. The van der Waals surface area contributed by atoms with Gasteiger partial charge in [0.15, 0.2) is 0 Å². The smallest absolute Gasteiger partial charge is 0.255 e. The summed E-state index contributed by atoms with van der Waals surface area (Å²) in [6.07, 6.45) is 4.13. The Balaban J connectivity index is 1.66. The lowest BCUT2D eigenvalue weighted by Crippen LogP contribution is -2.45. The quantitative estimate of drug-likeness (QED) is 0.846. The monoisotopic (exact) mass is 347 g/mol. The van der Waals surface area contributed by atoms with Gasteiger partial charge in [0.2, 0.25) is 5.91 Å². The summed E-state index contributed by atoms with van der Waals surface area (Å²) < 4.78 is 0. The van der Waals surface area contributed by atoms with Crippen LogP contribution < -0.4 is 5.73 Å². The Morgan fingerprint density at radius 3 is 2.54 bits per heavy atom. The van der Waals surface area contributed by atoms with Crippen molar-refractivity contribution in [3.05, 3.63) is 29.8 Å². The Morgan fingerprint density at radius 1 is 1.08 bits per heavy atom. The van der Waals surface area contributed by atoms with Gasteiger partial charge in [-0.25, -0.2) is 0 Å². The Morgan fingerprint density at radius 2 is 1.79 bits per heavy atom. The van der Waals surface area contributed by atoms with Crippen LogP contribution in [-0.4, -0.2) is 59.6 Å². The van der Waals surface area contributed by atoms with E-state index in [-0.39, 0.29) is 17.9 Å². The summed E-state index contributed by atoms with van der Waals surface area (Å²) in [6, 6.07) is 7.65. The molecule has 5 nitrogen and oxygen atoms in total. The highest BCUT2D eigenvalue weighted by Crippen LogP contribution is 2.25. The van der Waals surface area contributed by atoms with Gasteiger partial charge in [0.05, 0.1) is 11.3 Å². The number of nitrogens with zero attached hydrogens (tertiary/aromatic N) is 2. The second-order valence-corrected chi connectivity index (χ2v) is 7.54. The first-order valence-electron chi connectivity index (χ1n) is 8.69. The number of carbonyl (C=O) groups excluding carboxylic acids is 2. The Hall–Kier alpha value is -1.53. The first-order valence-corrected chi connectivity index (χ1v) is 9.68. The van der Waals surface area contributed by atoms with E-state index in [1.54, 1.807) is 0 Å². The molecule has 2 amide bonds. The fraction of sp³-hybridized carbons (Fsp3) is 0.556. The van der Waals surface area contributed by atoms with Crippen molar-refractivity contribution in [3.63, 3.8) is 0 Å². The summed E-state index contributed by atoms with van der Waals surface area (Å²) >= 11 is 1.47. The first-order chi connectivity index (χ1) is 11.6. The van der Waals surface area contributed by atoms with E-state index in [2.05, 4.69) is 0 Å². The van der Waals surface area contributed by atoms with Crippen molar-refractivity contribution in [1.29, 1.82) is 0 Å². The van der Waals surface area contributed by atoms with E-state index >= 15 is 0 Å². The molecule has 3 rings (SSSR count). The molecule has 130 valence electrons. The normalized spacial score (nSPS) is 21.1. The van der Waals surface area contributed by atoms with Crippen molar-refractivity contribution < 1.29 is 9.59 Å². The summed E-state index contributed by atoms with van der Waals surface area (Å²) in [7, 11) is 0. The maximum Gasteiger partial charge on any atom is 0.255 e. The standard InChI is InChI=1S/C18H25N3O2S/c19-14-6-5-11-21(12-14)18(23)15-7-1-2-8-16(15)24-13-17(22)20-9-3-4-10-20/h1-2,7-8,14H,3-6,9-13,19H2. The van der Waals surface area contributed by atoms with Gasteiger partial charge in [-0.2, -0.15) is 0 Å². The van der Waals surface area contributed by atoms with Gasteiger partial charge in [-0.15, -0.1) is 11.8 Å². The maximum atomic E-state index is 12.8. The van der Waals surface area contributed by atoms with Gasteiger partial charge < -0.3 is 15.5 Å². The van der Waals surface area contributed by atoms with Crippen molar-refractivity contribution in [2.45, 2.75) is 36.6 Å². The van der Waals surface area contributed by atoms with Crippen LogP contribution in [0.5, 0.6) is 0 Å². The molecule has 2 aliphatic rings. The van der Waals surface area contributed by atoms with E-state index in [4.69, 9.17) is 5.73 Å². The first kappa shape index (κ1) is 17.3. The van der Waals surface area contributed by atoms with Crippen molar-refractivity contribution in [3.8, 4) is 0 Å². The third-order valence-electron chi connectivity index (χ3n) is 4.67. The van der Waals surface area contributed by atoms with Crippen LogP contribution in [0.3, 0.4) is 0 Å². The van der Waals surface area contributed by atoms with Crippen LogP contribution >= 0.6 is 11.8 Å². The zero-order chi connectivity index (χ0) is 16.9. The molecule has 6 heteroatoms. The molecule has 2 N–H and O–H groups in total. The molecule has 0 bridgehead atoms. The molecule has 0 aliphatic carbocycles. The van der Waals surface area contributed by atoms with E-state index in [0.29, 0.717) is 17.9 Å². The Kier molecular flexibility index (Phi) is 5.79. The van der Waals surface area contributed by atoms with Gasteiger partial charge in [0.25, 0.3) is 5.91 Å². The van der Waals surface area contributed by atoms with Crippen LogP contribution in [-0.2, 0) is 4.79 Å². The minimum atomic E-state index is 0.0295. The number of nitrogens with two attached hydrogens (primary N) is 1. The van der Waals surface area contributed by atoms with Gasteiger partial charge in [-0.05, 0) is 37.8 Å². The zero-order valence-electron chi connectivity index (χ0n) is 13.9. The number of likely N-dealkylation sites (tertiary alicyclic amines) is 2. The summed E-state index contributed by atoms with van der Waals surface area (Å²) in [4.78, 5) is 29.7. The van der Waals surface area contributed by atoms with Crippen molar-refractivity contribution in [2.75, 3.05) is 31.9 Å². The number of piperidine rings is 1. The molecule has 0 saturated carbocycles. The molecule has 1 atom stereocenters. The van der Waals surface area contributed by atoms with Crippen LogP contribution in [0, 0.1) is 0 Å². The number of thioether (sulfide) groups is 1. The maximum absolute atomic E-state index is 12.8. The third-order valence-corrected chi connectivity index (χ3v) is 5.73. The number of hydrogen-bond acceptors (Lipinski definition) is 4. The minimum Gasteiger partial charge on any atom is -0.342 e. The topological polar surface area (TPSA) is 66.6 Å². The van der Waals surface area contributed by atoms with Gasteiger partial charge >= 0.3 is 0 Å². The second-order valence-electron chi connectivity index (χ2n) is 6.53. The summed E-state index contributed by atoms with van der Waals surface area (Å²) in [5, 5.41) is 0. The van der Waals surface area contributed by atoms with E-state index in [1.165, 1.54) is 11.8 Å². The van der Waals surface area contributed by atoms with Crippen molar-refractivity contribution >= 4 is 23.6 Å². The lowest BCUT2D eigenvalue weighted by molar-refractivity contribution is -0.127. The lowest BCUT2D eigenvalue weighted by Gasteiger charge is -2.31. The van der Waals surface area contributed by atoms with E-state index < -0.39 is 0 Å². The number of hydrogen-bond donors (Lipinski definition) is 1. The van der Waals surface area contributed by atoms with Crippen LogP contribution in [0.1, 0.15) is 36.0 Å². The highest BCUT2D eigenvalue weighted by atomic mass is 32.2. The third kappa shape index (κ3) is 4.11. The SMILES string of the molecule is NC1CCCN(C(=O)c2ccccc2SCC(=O)N2CCCC2)C1. The predicted octanol–water partition coefficient (Wildman–Crippen LogP) is 1.96. The molecule has 1 unspecified atom stereocenters. The molecule has 0 spiro atoms. The number of rotatable bonds is 4. The van der Waals surface area contributed by atoms with Crippen molar-refractivity contribution in [2.24, 2.45) is 5.73 Å². The molecule has 2 heterocycles. The predicted molar refractivity (Wildman–Crippen MR) is 96.1 cm³/mol. The Bertz CT molecular complexity index is 602. The van der Waals surface area contributed by atoms with Gasteiger partial charge in [0.1, 0.15) is 0 Å². The van der Waals surface area contributed by atoms with Crippen LogP contribution in [0.25, 0.3) is 0 Å². The van der Waals surface area contributed by atoms with Crippen LogP contribution in [0.15, 0.2) is 29.2 Å². The average Bonchev–Trinajstić information content (AvgIpc) is 3.14. The summed E-state index contributed by atoms with van der Waals surface area (Å²) in [6.45, 7) is 3.11. The fourth-order valence-corrected chi connectivity index (χ4v) is 4.28. The molecule has 0 radical (unpaired) electrons. The van der Waals surface area contributed by atoms with Gasteiger partial charge in [-0.3, -0.25) is 9.59 Å². The molecule has 1 aromatic rings. The van der Waals surface area contributed by atoms with Crippen LogP contribution in [0.4, 0.5) is 0 Å². The molecule has 1 aromatic carbocycles. The largest absolute Gasteiger partial charge is 0.342 e. The molecule has 0 aromatic heterocycles. The molecule has 2 aliphatic heterocycles. The summed E-state index contributed by atoms with van der Waals surface area (Å²) in [5.41, 5.74) is 6.68. The molecule has 2 fully saturated rings. The summed E-state index contributed by atoms with van der Waals surface area (Å²) in [5.74, 6) is 0.589. The fourth-order valence-electron chi connectivity index (χ4n) is 3.33. The number of carbonyl (C=O) groups is 2. The van der Waals surface area contributed by atoms with E-state index in [9.17, 15) is 9.59 Å². The zero-order valence-corrected chi connectivity index (χ0v) is 14.8. The minimum absolute atomic E-state index is 0.0295. The van der Waals surface area contributed by atoms with E-state index in [1.807, 2.05) is 34.1 Å². The number of amides is 2. The highest BCUT2D eigenvalue weighted by molar-refractivity contribution is 8.00. The van der Waals surface area contributed by atoms with Crippen LogP contribution in [0.2, 0.25) is 0 Å². The molecular weight excluding hydrogens is 322 g/mol. The molecule has 24 heavy (non-hydrogen) atoms.